The van der Waals surface area contributed by atoms with Crippen LogP contribution in [0.2, 0.25) is 0 Å². The van der Waals surface area contributed by atoms with E-state index in [-0.39, 0.29) is 12.3 Å². The predicted octanol–water partition coefficient (Wildman–Crippen LogP) is 7.34. The first-order valence-electron chi connectivity index (χ1n) is 14.7. The van der Waals surface area contributed by atoms with Gasteiger partial charge in [0, 0.05) is 13.0 Å². The van der Waals surface area contributed by atoms with Crippen LogP contribution in [-0.4, -0.2) is 41.9 Å². The molecule has 0 heterocycles. The lowest BCUT2D eigenvalue weighted by atomic mass is 10.0. The second kappa shape index (κ2) is 23.7. The molecular formula is C28H57NO5S. The fraction of sp³-hybridized carbons (Fsp3) is 0.964. The Morgan fingerprint density at radius 1 is 0.657 bits per heavy atom. The van der Waals surface area contributed by atoms with Gasteiger partial charge >= 0.3 is 0 Å². The summed E-state index contributed by atoms with van der Waals surface area (Å²) >= 11 is 0. The molecule has 0 fully saturated rings. The number of hydrogen-bond donors (Lipinski definition) is 3. The molecule has 0 aliphatic carbocycles. The molecule has 210 valence electrons. The number of rotatable bonds is 26. The van der Waals surface area contributed by atoms with Crippen molar-refractivity contribution in [3.63, 3.8) is 0 Å². The number of carbonyl (C=O) groups is 1. The molecule has 2 unspecified atom stereocenters. The summed E-state index contributed by atoms with van der Waals surface area (Å²) in [5.74, 6) is 0.122. The molecule has 1 amide bonds. The first-order valence-corrected chi connectivity index (χ1v) is 16.2. The molecule has 3 N–H and O–H groups in total. The van der Waals surface area contributed by atoms with Gasteiger partial charge in [0.25, 0.3) is 10.1 Å². The number of hydrogen-bond acceptors (Lipinski definition) is 4. The highest BCUT2D eigenvalue weighted by atomic mass is 32.2. The maximum Gasteiger partial charge on any atom is 0.270 e. The lowest BCUT2D eigenvalue weighted by Crippen LogP contribution is -2.33. The molecule has 0 aliphatic heterocycles. The Kier molecular flexibility index (Phi) is 23.3. The summed E-state index contributed by atoms with van der Waals surface area (Å²) in [6, 6.07) is 0. The Bertz CT molecular complexity index is 582. The van der Waals surface area contributed by atoms with Gasteiger partial charge in [0.1, 0.15) is 5.25 Å². The third-order valence-corrected chi connectivity index (χ3v) is 8.23. The Labute approximate surface area is 217 Å². The third kappa shape index (κ3) is 22.3. The van der Waals surface area contributed by atoms with Crippen molar-refractivity contribution < 1.29 is 22.9 Å². The molecule has 0 bridgehead atoms. The summed E-state index contributed by atoms with van der Waals surface area (Å²) in [6.07, 6.45) is 21.0. The molecule has 0 saturated heterocycles. The third-order valence-electron chi connectivity index (χ3n) is 6.91. The summed E-state index contributed by atoms with van der Waals surface area (Å²) in [7, 11) is -4.25. The maximum absolute atomic E-state index is 11.9. The normalized spacial score (nSPS) is 13.6. The average molecular weight is 520 g/mol. The van der Waals surface area contributed by atoms with E-state index in [9.17, 15) is 22.9 Å². The van der Waals surface area contributed by atoms with E-state index in [0.29, 0.717) is 19.3 Å². The average Bonchev–Trinajstić information content (AvgIpc) is 2.81. The van der Waals surface area contributed by atoms with Gasteiger partial charge < -0.3 is 10.4 Å². The van der Waals surface area contributed by atoms with E-state index in [4.69, 9.17) is 0 Å². The van der Waals surface area contributed by atoms with Gasteiger partial charge in [-0.1, -0.05) is 123 Å². The van der Waals surface area contributed by atoms with Crippen molar-refractivity contribution >= 4 is 16.0 Å². The Hall–Kier alpha value is -0.660. The first kappa shape index (κ1) is 34.3. The van der Waals surface area contributed by atoms with Crippen LogP contribution in [0.1, 0.15) is 155 Å². The van der Waals surface area contributed by atoms with Gasteiger partial charge in [0.2, 0.25) is 5.91 Å². The summed E-state index contributed by atoms with van der Waals surface area (Å²) in [5.41, 5.74) is 0. The van der Waals surface area contributed by atoms with Crippen LogP contribution in [0.25, 0.3) is 0 Å². The topological polar surface area (TPSA) is 104 Å². The Morgan fingerprint density at radius 2 is 1.09 bits per heavy atom. The highest BCUT2D eigenvalue weighted by molar-refractivity contribution is 7.86. The van der Waals surface area contributed by atoms with Crippen molar-refractivity contribution in [2.24, 2.45) is 0 Å². The highest BCUT2D eigenvalue weighted by Gasteiger charge is 2.29. The van der Waals surface area contributed by atoms with Gasteiger partial charge in [0.15, 0.2) is 0 Å². The largest absolute Gasteiger partial charge is 0.392 e. The van der Waals surface area contributed by atoms with Crippen LogP contribution in [0.5, 0.6) is 0 Å². The highest BCUT2D eigenvalue weighted by Crippen LogP contribution is 2.20. The number of nitrogens with one attached hydrogen (secondary N) is 1. The van der Waals surface area contributed by atoms with Crippen LogP contribution < -0.4 is 5.32 Å². The van der Waals surface area contributed by atoms with Crippen LogP contribution in [-0.2, 0) is 14.9 Å². The number of unbranched alkanes of at least 4 members (excludes halogenated alkanes) is 16. The summed E-state index contributed by atoms with van der Waals surface area (Å²) in [6.45, 7) is 5.16. The van der Waals surface area contributed by atoms with Gasteiger partial charge in [-0.2, -0.15) is 8.42 Å². The summed E-state index contributed by atoms with van der Waals surface area (Å²) in [4.78, 5) is 11.9. The Morgan fingerprint density at radius 3 is 1.60 bits per heavy atom. The van der Waals surface area contributed by atoms with E-state index in [2.05, 4.69) is 19.2 Å². The van der Waals surface area contributed by atoms with Crippen LogP contribution in [0.4, 0.5) is 0 Å². The van der Waals surface area contributed by atoms with Crippen molar-refractivity contribution in [2.75, 3.05) is 6.54 Å². The molecule has 0 rings (SSSR count). The molecule has 2 atom stereocenters. The lowest BCUT2D eigenvalue weighted by molar-refractivity contribution is -0.121. The second-order valence-electron chi connectivity index (χ2n) is 10.3. The number of amides is 1. The lowest BCUT2D eigenvalue weighted by Gasteiger charge is -2.20. The summed E-state index contributed by atoms with van der Waals surface area (Å²) in [5, 5.41) is 12.3. The van der Waals surface area contributed by atoms with Gasteiger partial charge in [0.05, 0.1) is 6.10 Å². The quantitative estimate of drug-likeness (QED) is 0.0819. The molecule has 7 heteroatoms. The SMILES string of the molecule is CCCCCCCCCCNC(=O)CCCCCCCC(C(O)CCCCCCCC)S(=O)(=O)O. The van der Waals surface area contributed by atoms with Crippen LogP contribution in [0, 0.1) is 0 Å². The smallest absolute Gasteiger partial charge is 0.270 e. The minimum Gasteiger partial charge on any atom is -0.392 e. The zero-order valence-corrected chi connectivity index (χ0v) is 23.8. The van der Waals surface area contributed by atoms with E-state index in [1.54, 1.807) is 0 Å². The molecule has 0 radical (unpaired) electrons. The predicted molar refractivity (Wildman–Crippen MR) is 147 cm³/mol. The van der Waals surface area contributed by atoms with Crippen molar-refractivity contribution in [3.8, 4) is 0 Å². The molecule has 0 aromatic carbocycles. The van der Waals surface area contributed by atoms with Gasteiger partial charge in [-0.25, -0.2) is 0 Å². The molecule has 0 aromatic heterocycles. The summed E-state index contributed by atoms with van der Waals surface area (Å²) < 4.78 is 33.0. The fourth-order valence-electron chi connectivity index (χ4n) is 4.60. The minimum absolute atomic E-state index is 0.122. The van der Waals surface area contributed by atoms with Gasteiger partial charge in [-0.3, -0.25) is 9.35 Å². The van der Waals surface area contributed by atoms with E-state index < -0.39 is 21.5 Å². The van der Waals surface area contributed by atoms with Crippen LogP contribution in [0.15, 0.2) is 0 Å². The molecule has 35 heavy (non-hydrogen) atoms. The van der Waals surface area contributed by atoms with E-state index in [1.807, 2.05) is 0 Å². The number of aliphatic hydroxyl groups excluding tert-OH is 1. The molecule has 0 aromatic rings. The number of carbonyl (C=O) groups excluding carboxylic acids is 1. The maximum atomic E-state index is 11.9. The first-order chi connectivity index (χ1) is 16.8. The molecular weight excluding hydrogens is 462 g/mol. The van der Waals surface area contributed by atoms with Crippen LogP contribution in [0.3, 0.4) is 0 Å². The second-order valence-corrected chi connectivity index (χ2v) is 11.9. The van der Waals surface area contributed by atoms with Crippen LogP contribution >= 0.6 is 0 Å². The van der Waals surface area contributed by atoms with Gasteiger partial charge in [-0.05, 0) is 25.7 Å². The number of aliphatic hydroxyl groups is 1. The van der Waals surface area contributed by atoms with E-state index in [0.717, 1.165) is 57.9 Å². The van der Waals surface area contributed by atoms with E-state index >= 15 is 0 Å². The van der Waals surface area contributed by atoms with Crippen molar-refractivity contribution in [3.05, 3.63) is 0 Å². The minimum atomic E-state index is -4.25. The van der Waals surface area contributed by atoms with Crippen molar-refractivity contribution in [1.29, 1.82) is 0 Å². The zero-order valence-electron chi connectivity index (χ0n) is 22.9. The van der Waals surface area contributed by atoms with Crippen molar-refractivity contribution in [1.82, 2.24) is 5.32 Å². The zero-order chi connectivity index (χ0) is 26.2. The monoisotopic (exact) mass is 519 g/mol. The van der Waals surface area contributed by atoms with Crippen molar-refractivity contribution in [2.45, 2.75) is 166 Å². The molecule has 0 saturated carbocycles. The molecule has 0 spiro atoms. The molecule has 6 nitrogen and oxygen atoms in total. The van der Waals surface area contributed by atoms with Gasteiger partial charge in [-0.15, -0.1) is 0 Å². The van der Waals surface area contributed by atoms with E-state index in [1.165, 1.54) is 64.2 Å². The Balaban J connectivity index is 3.77. The molecule has 0 aliphatic rings. The fourth-order valence-corrected chi connectivity index (χ4v) is 5.59. The standard InChI is InChI=1S/C28H57NO5S/c1-3-5-7-9-11-12-17-21-25-29-28(31)24-20-16-13-15-19-23-27(35(32,33)34)26(30)22-18-14-10-8-6-4-2/h26-27,30H,3-25H2,1-2H3,(H,29,31)(H,32,33,34).